The van der Waals surface area contributed by atoms with E-state index in [-0.39, 0.29) is 34.9 Å². The molecule has 0 spiro atoms. The summed E-state index contributed by atoms with van der Waals surface area (Å²) in [4.78, 5) is 30.3. The van der Waals surface area contributed by atoms with E-state index in [1.807, 2.05) is 24.3 Å². The number of likely N-dealkylation sites (tertiary alicyclic amines) is 1. The highest BCUT2D eigenvalue weighted by atomic mass is 79.9. The van der Waals surface area contributed by atoms with Crippen LogP contribution in [0.25, 0.3) is 5.76 Å². The summed E-state index contributed by atoms with van der Waals surface area (Å²) < 4.78 is 38.9. The minimum absolute atomic E-state index is 0.0203. The van der Waals surface area contributed by atoms with Gasteiger partial charge in [-0.3, -0.25) is 14.5 Å². The maximum Gasteiger partial charge on any atom is 0.295 e. The monoisotopic (exact) mass is 619 g/mol. The van der Waals surface area contributed by atoms with Gasteiger partial charge in [0.25, 0.3) is 11.7 Å². The topological polar surface area (TPSA) is 117 Å². The number of benzene rings is 2. The number of ether oxygens (including phenoxy) is 2. The van der Waals surface area contributed by atoms with E-state index in [4.69, 9.17) is 9.47 Å². The van der Waals surface area contributed by atoms with Crippen molar-refractivity contribution < 1.29 is 32.6 Å². The predicted molar refractivity (Wildman–Crippen MR) is 146 cm³/mol. The van der Waals surface area contributed by atoms with E-state index < -0.39 is 27.8 Å². The highest BCUT2D eigenvalue weighted by molar-refractivity contribution is 9.10. The molecule has 3 aliphatic rings. The first kappa shape index (κ1) is 27.9. The lowest BCUT2D eigenvalue weighted by Crippen LogP contribution is -2.42. The van der Waals surface area contributed by atoms with E-state index >= 15 is 0 Å². The standard InChI is InChI=1S/C27H30BrN3O7S/c28-21-5-1-19(2-6-21)24-23(26(33)27(34)31(24)10-9-29-11-15-37-16-12-29)25(32)20-3-7-22(8-4-20)39(35,36)30-13-17-38-18-14-30/h1-8,24,32H,9-18H2/t24-/m1/s1. The lowest BCUT2D eigenvalue weighted by atomic mass is 9.95. The van der Waals surface area contributed by atoms with Crippen LogP contribution in [0.5, 0.6) is 0 Å². The Morgan fingerprint density at radius 3 is 2.08 bits per heavy atom. The Morgan fingerprint density at radius 1 is 0.872 bits per heavy atom. The molecule has 3 saturated heterocycles. The summed E-state index contributed by atoms with van der Waals surface area (Å²) in [5, 5.41) is 11.3. The van der Waals surface area contributed by atoms with Gasteiger partial charge >= 0.3 is 0 Å². The number of aliphatic hydroxyl groups is 1. The minimum atomic E-state index is -3.72. The van der Waals surface area contributed by atoms with E-state index in [2.05, 4.69) is 20.8 Å². The number of Topliss-reactive ketones (excluding diaryl/α,β-unsaturated/α-hetero) is 1. The Balaban J connectivity index is 1.47. The molecular weight excluding hydrogens is 590 g/mol. The lowest BCUT2D eigenvalue weighted by molar-refractivity contribution is -0.140. The van der Waals surface area contributed by atoms with Gasteiger partial charge in [0, 0.05) is 49.3 Å². The Hall–Kier alpha value is -2.61. The van der Waals surface area contributed by atoms with Crippen molar-refractivity contribution in [2.75, 3.05) is 65.7 Å². The smallest absolute Gasteiger partial charge is 0.295 e. The number of aliphatic hydroxyl groups excluding tert-OH is 1. The van der Waals surface area contributed by atoms with Gasteiger partial charge < -0.3 is 19.5 Å². The van der Waals surface area contributed by atoms with Gasteiger partial charge in [-0.1, -0.05) is 28.1 Å². The van der Waals surface area contributed by atoms with Crippen LogP contribution in [0.2, 0.25) is 0 Å². The normalized spacial score (nSPS) is 22.9. The maximum absolute atomic E-state index is 13.3. The highest BCUT2D eigenvalue weighted by Crippen LogP contribution is 2.39. The molecule has 2 aromatic rings. The number of carbonyl (C=O) groups is 2. The third kappa shape index (κ3) is 5.81. The number of hydrogen-bond acceptors (Lipinski definition) is 8. The average Bonchev–Trinajstić information content (AvgIpc) is 3.22. The number of morpholine rings is 2. The third-order valence-electron chi connectivity index (χ3n) is 7.22. The Labute approximate surface area is 236 Å². The van der Waals surface area contributed by atoms with Gasteiger partial charge in [0.15, 0.2) is 0 Å². The fourth-order valence-electron chi connectivity index (χ4n) is 5.05. The van der Waals surface area contributed by atoms with E-state index in [9.17, 15) is 23.1 Å². The molecule has 10 nitrogen and oxygen atoms in total. The van der Waals surface area contributed by atoms with E-state index in [0.717, 1.165) is 17.6 Å². The van der Waals surface area contributed by atoms with Crippen LogP contribution in [0.4, 0.5) is 0 Å². The van der Waals surface area contributed by atoms with Crippen molar-refractivity contribution in [3.63, 3.8) is 0 Å². The van der Waals surface area contributed by atoms with Crippen LogP contribution in [-0.2, 0) is 29.1 Å². The number of carbonyl (C=O) groups excluding carboxylic acids is 2. The molecule has 0 unspecified atom stereocenters. The predicted octanol–water partition coefficient (Wildman–Crippen LogP) is 2.22. The van der Waals surface area contributed by atoms with Crippen LogP contribution < -0.4 is 0 Å². The van der Waals surface area contributed by atoms with Gasteiger partial charge in [0.1, 0.15) is 5.76 Å². The van der Waals surface area contributed by atoms with Gasteiger partial charge in [0.05, 0.1) is 42.9 Å². The van der Waals surface area contributed by atoms with Crippen molar-refractivity contribution in [2.24, 2.45) is 0 Å². The quantitative estimate of drug-likeness (QED) is 0.285. The number of hydrogen-bond donors (Lipinski definition) is 1. The van der Waals surface area contributed by atoms with Gasteiger partial charge in [-0.05, 0) is 42.0 Å². The van der Waals surface area contributed by atoms with Crippen molar-refractivity contribution >= 4 is 43.4 Å². The van der Waals surface area contributed by atoms with E-state index in [1.165, 1.54) is 33.5 Å². The number of ketones is 1. The van der Waals surface area contributed by atoms with Gasteiger partial charge in [-0.25, -0.2) is 8.42 Å². The van der Waals surface area contributed by atoms with Crippen LogP contribution >= 0.6 is 15.9 Å². The molecule has 208 valence electrons. The summed E-state index contributed by atoms with van der Waals surface area (Å²) in [6.07, 6.45) is 0. The molecular formula is C27H30BrN3O7S. The van der Waals surface area contributed by atoms with Crippen LogP contribution in [0.1, 0.15) is 17.2 Å². The number of sulfonamides is 1. The minimum Gasteiger partial charge on any atom is -0.507 e. The second-order valence-corrected chi connectivity index (χ2v) is 12.4. The SMILES string of the molecule is O=C1C(=O)N(CCN2CCOCC2)[C@H](c2ccc(Br)cc2)C1=C(O)c1ccc(S(=O)(=O)N2CCOCC2)cc1. The van der Waals surface area contributed by atoms with Crippen LogP contribution in [0.15, 0.2) is 63.5 Å². The largest absolute Gasteiger partial charge is 0.507 e. The molecule has 0 radical (unpaired) electrons. The molecule has 12 heteroatoms. The second kappa shape index (κ2) is 11.9. The summed E-state index contributed by atoms with van der Waals surface area (Å²) in [5.41, 5.74) is 0.921. The average molecular weight is 621 g/mol. The molecule has 5 rings (SSSR count). The Bertz CT molecular complexity index is 1350. The highest BCUT2D eigenvalue weighted by Gasteiger charge is 2.46. The summed E-state index contributed by atoms with van der Waals surface area (Å²) in [6.45, 7) is 4.80. The van der Waals surface area contributed by atoms with Crippen molar-refractivity contribution in [3.8, 4) is 0 Å². The van der Waals surface area contributed by atoms with Crippen molar-refractivity contribution in [2.45, 2.75) is 10.9 Å². The lowest BCUT2D eigenvalue weighted by Gasteiger charge is -2.31. The van der Waals surface area contributed by atoms with E-state index in [0.29, 0.717) is 45.1 Å². The zero-order chi connectivity index (χ0) is 27.6. The first-order valence-corrected chi connectivity index (χ1v) is 15.0. The van der Waals surface area contributed by atoms with Gasteiger partial charge in [0.2, 0.25) is 10.0 Å². The maximum atomic E-state index is 13.3. The van der Waals surface area contributed by atoms with Crippen molar-refractivity contribution in [3.05, 3.63) is 69.7 Å². The number of rotatable bonds is 7. The van der Waals surface area contributed by atoms with Crippen molar-refractivity contribution in [1.82, 2.24) is 14.1 Å². The summed E-state index contributed by atoms with van der Waals surface area (Å²) in [5.74, 6) is -1.79. The molecule has 0 aliphatic carbocycles. The fourth-order valence-corrected chi connectivity index (χ4v) is 6.72. The molecule has 2 aromatic carbocycles. The first-order valence-electron chi connectivity index (χ1n) is 12.8. The molecule has 1 amide bonds. The first-order chi connectivity index (χ1) is 18.8. The summed E-state index contributed by atoms with van der Waals surface area (Å²) >= 11 is 3.42. The zero-order valence-electron chi connectivity index (χ0n) is 21.3. The Kier molecular flexibility index (Phi) is 8.50. The Morgan fingerprint density at radius 2 is 1.46 bits per heavy atom. The molecule has 0 bridgehead atoms. The van der Waals surface area contributed by atoms with Crippen LogP contribution in [-0.4, -0.2) is 105 Å². The molecule has 3 heterocycles. The molecule has 0 saturated carbocycles. The molecule has 1 N–H and O–H groups in total. The fraction of sp³-hybridized carbons (Fsp3) is 0.407. The van der Waals surface area contributed by atoms with Gasteiger partial charge in [-0.2, -0.15) is 4.31 Å². The van der Waals surface area contributed by atoms with Crippen LogP contribution in [0, 0.1) is 0 Å². The molecule has 0 aromatic heterocycles. The third-order valence-corrected chi connectivity index (χ3v) is 9.66. The molecule has 39 heavy (non-hydrogen) atoms. The summed E-state index contributed by atoms with van der Waals surface area (Å²) in [7, 11) is -3.72. The summed E-state index contributed by atoms with van der Waals surface area (Å²) in [6, 6.07) is 12.2. The molecule has 3 fully saturated rings. The van der Waals surface area contributed by atoms with Crippen LogP contribution in [0.3, 0.4) is 0 Å². The number of halogens is 1. The second-order valence-electron chi connectivity index (χ2n) is 9.54. The zero-order valence-corrected chi connectivity index (χ0v) is 23.7. The van der Waals surface area contributed by atoms with E-state index in [1.54, 1.807) is 0 Å². The molecule has 3 aliphatic heterocycles. The number of nitrogens with zero attached hydrogens (tertiary/aromatic N) is 3. The molecule has 1 atom stereocenters. The van der Waals surface area contributed by atoms with Gasteiger partial charge in [-0.15, -0.1) is 0 Å². The number of amides is 1. The van der Waals surface area contributed by atoms with Crippen molar-refractivity contribution in [1.29, 1.82) is 0 Å².